The molecule has 2 N–H and O–H groups in total. The summed E-state index contributed by atoms with van der Waals surface area (Å²) in [6.07, 6.45) is 0.387. The van der Waals surface area contributed by atoms with E-state index in [0.29, 0.717) is 18.5 Å². The van der Waals surface area contributed by atoms with Crippen molar-refractivity contribution in [2.24, 2.45) is 0 Å². The highest BCUT2D eigenvalue weighted by atomic mass is 19.1. The lowest BCUT2D eigenvalue weighted by molar-refractivity contribution is 0.126. The van der Waals surface area contributed by atoms with Gasteiger partial charge >= 0.3 is 0 Å². The lowest BCUT2D eigenvalue weighted by Gasteiger charge is -2.46. The highest BCUT2D eigenvalue weighted by Crippen LogP contribution is 2.37. The van der Waals surface area contributed by atoms with Gasteiger partial charge in [0.25, 0.3) is 0 Å². The molecule has 0 radical (unpaired) electrons. The van der Waals surface area contributed by atoms with Crippen LogP contribution in [0, 0.1) is 11.6 Å². The molecular formula is C18H20F2N2O. The number of hydrogen-bond donors (Lipinski definition) is 2. The normalized spacial score (nSPS) is 19.5. The van der Waals surface area contributed by atoms with Crippen LogP contribution in [0.4, 0.5) is 14.5 Å². The van der Waals surface area contributed by atoms with E-state index in [1.54, 1.807) is 0 Å². The van der Waals surface area contributed by atoms with Crippen molar-refractivity contribution in [2.45, 2.75) is 38.4 Å². The van der Waals surface area contributed by atoms with Crippen molar-refractivity contribution in [2.75, 3.05) is 5.06 Å². The molecule has 2 aromatic rings. The van der Waals surface area contributed by atoms with E-state index in [2.05, 4.69) is 5.32 Å². The number of fused-ring (bicyclic) bond motifs is 1. The monoisotopic (exact) mass is 318 g/mol. The van der Waals surface area contributed by atoms with E-state index in [9.17, 15) is 14.0 Å². The average molecular weight is 318 g/mol. The Hall–Kier alpha value is -1.98. The third-order valence-electron chi connectivity index (χ3n) is 4.57. The summed E-state index contributed by atoms with van der Waals surface area (Å²) < 4.78 is 27.5. The average Bonchev–Trinajstić information content (AvgIpc) is 2.51. The molecule has 3 nitrogen and oxygen atoms in total. The van der Waals surface area contributed by atoms with Gasteiger partial charge in [-0.2, -0.15) is 0 Å². The Labute approximate surface area is 134 Å². The van der Waals surface area contributed by atoms with E-state index < -0.39 is 17.2 Å². The number of anilines is 1. The first-order chi connectivity index (χ1) is 10.9. The second-order valence-electron chi connectivity index (χ2n) is 6.47. The summed E-state index contributed by atoms with van der Waals surface area (Å²) in [4.78, 5) is 0. The van der Waals surface area contributed by atoms with Crippen molar-refractivity contribution in [3.8, 4) is 0 Å². The smallest absolute Gasteiger partial charge is 0.131 e. The third-order valence-corrected chi connectivity index (χ3v) is 4.57. The standard InChI is InChI=1S/C18H20F2N2O/c1-18(2)17(21-11-12-6-4-3-5-7-12)10-14-15(20)8-13(19)9-16(14)22(18)23/h3-9,17,21,23H,10-11H2,1-2H3/t17-/m0/s1. The fourth-order valence-corrected chi connectivity index (χ4v) is 3.05. The van der Waals surface area contributed by atoms with Gasteiger partial charge in [0.2, 0.25) is 0 Å². The topological polar surface area (TPSA) is 35.5 Å². The van der Waals surface area contributed by atoms with Gasteiger partial charge in [0.05, 0.1) is 11.2 Å². The minimum atomic E-state index is -0.692. The summed E-state index contributed by atoms with van der Waals surface area (Å²) in [5.41, 5.74) is 0.948. The minimum Gasteiger partial charge on any atom is -0.307 e. The van der Waals surface area contributed by atoms with E-state index >= 15 is 0 Å². The maximum Gasteiger partial charge on any atom is 0.131 e. The molecule has 23 heavy (non-hydrogen) atoms. The number of hydroxylamine groups is 1. The predicted octanol–water partition coefficient (Wildman–Crippen LogP) is 3.65. The molecule has 0 fully saturated rings. The Morgan fingerprint density at radius 3 is 2.61 bits per heavy atom. The number of rotatable bonds is 3. The van der Waals surface area contributed by atoms with Crippen molar-refractivity contribution in [3.05, 3.63) is 65.2 Å². The molecule has 0 saturated carbocycles. The molecule has 0 aromatic heterocycles. The van der Waals surface area contributed by atoms with E-state index in [1.807, 2.05) is 44.2 Å². The summed E-state index contributed by atoms with van der Waals surface area (Å²) in [5.74, 6) is -1.31. The van der Waals surface area contributed by atoms with Crippen molar-refractivity contribution >= 4 is 5.69 Å². The minimum absolute atomic E-state index is 0.180. The van der Waals surface area contributed by atoms with Gasteiger partial charge in [0.1, 0.15) is 11.6 Å². The molecule has 1 atom stereocenters. The molecule has 0 aliphatic carbocycles. The first kappa shape index (κ1) is 15.9. The number of hydrogen-bond acceptors (Lipinski definition) is 3. The lowest BCUT2D eigenvalue weighted by atomic mass is 9.83. The van der Waals surface area contributed by atoms with Crippen LogP contribution in [0.3, 0.4) is 0 Å². The summed E-state index contributed by atoms with van der Waals surface area (Å²) >= 11 is 0. The Morgan fingerprint density at radius 2 is 1.91 bits per heavy atom. The third kappa shape index (κ3) is 2.94. The van der Waals surface area contributed by atoms with E-state index in [0.717, 1.165) is 16.7 Å². The molecule has 0 amide bonds. The van der Waals surface area contributed by atoms with Crippen LogP contribution in [-0.4, -0.2) is 16.8 Å². The maximum atomic E-state index is 14.1. The predicted molar refractivity (Wildman–Crippen MR) is 85.5 cm³/mol. The highest BCUT2D eigenvalue weighted by molar-refractivity contribution is 5.57. The van der Waals surface area contributed by atoms with Crippen LogP contribution < -0.4 is 10.4 Å². The van der Waals surface area contributed by atoms with Crippen LogP contribution in [0.25, 0.3) is 0 Å². The molecule has 1 aliphatic rings. The molecule has 0 spiro atoms. The highest BCUT2D eigenvalue weighted by Gasteiger charge is 2.41. The van der Waals surface area contributed by atoms with E-state index in [-0.39, 0.29) is 11.7 Å². The molecule has 3 rings (SSSR count). The summed E-state index contributed by atoms with van der Waals surface area (Å²) in [5, 5.41) is 14.8. The van der Waals surface area contributed by atoms with E-state index in [4.69, 9.17) is 0 Å². The van der Waals surface area contributed by atoms with Crippen LogP contribution in [0.5, 0.6) is 0 Å². The molecule has 1 aliphatic heterocycles. The van der Waals surface area contributed by atoms with Crippen LogP contribution in [0.1, 0.15) is 25.0 Å². The van der Waals surface area contributed by atoms with Crippen LogP contribution in [0.2, 0.25) is 0 Å². The van der Waals surface area contributed by atoms with Gasteiger partial charge in [-0.05, 0) is 25.8 Å². The molecule has 0 saturated heterocycles. The van der Waals surface area contributed by atoms with Gasteiger partial charge in [-0.1, -0.05) is 30.3 Å². The Kier molecular flexibility index (Phi) is 4.08. The largest absolute Gasteiger partial charge is 0.307 e. The molecule has 0 bridgehead atoms. The molecule has 5 heteroatoms. The number of nitrogens with one attached hydrogen (secondary N) is 1. The molecule has 122 valence electrons. The van der Waals surface area contributed by atoms with Crippen molar-refractivity contribution in [3.63, 3.8) is 0 Å². The maximum absolute atomic E-state index is 14.1. The molecule has 2 aromatic carbocycles. The Balaban J connectivity index is 1.87. The second kappa shape index (κ2) is 5.91. The van der Waals surface area contributed by atoms with Crippen LogP contribution in [-0.2, 0) is 13.0 Å². The first-order valence-corrected chi connectivity index (χ1v) is 7.64. The summed E-state index contributed by atoms with van der Waals surface area (Å²) in [6, 6.07) is 11.7. The first-order valence-electron chi connectivity index (χ1n) is 7.64. The number of benzene rings is 2. The zero-order valence-corrected chi connectivity index (χ0v) is 13.2. The van der Waals surface area contributed by atoms with Gasteiger partial charge in [-0.3, -0.25) is 5.21 Å². The quantitative estimate of drug-likeness (QED) is 0.907. The summed E-state index contributed by atoms with van der Waals surface area (Å²) in [7, 11) is 0. The Morgan fingerprint density at radius 1 is 1.22 bits per heavy atom. The van der Waals surface area contributed by atoms with Crippen molar-refractivity contribution in [1.82, 2.24) is 5.32 Å². The SMILES string of the molecule is CC1(C)[C@@H](NCc2ccccc2)Cc2c(F)cc(F)cc2N1O. The molecule has 1 heterocycles. The van der Waals surface area contributed by atoms with Crippen molar-refractivity contribution in [1.29, 1.82) is 0 Å². The van der Waals surface area contributed by atoms with Crippen LogP contribution >= 0.6 is 0 Å². The lowest BCUT2D eigenvalue weighted by Crippen LogP contribution is -2.60. The molecule has 0 unspecified atom stereocenters. The van der Waals surface area contributed by atoms with Crippen molar-refractivity contribution < 1.29 is 14.0 Å². The van der Waals surface area contributed by atoms with Gasteiger partial charge in [0, 0.05) is 30.3 Å². The van der Waals surface area contributed by atoms with Gasteiger partial charge in [-0.15, -0.1) is 0 Å². The number of nitrogens with zero attached hydrogens (tertiary/aromatic N) is 1. The van der Waals surface area contributed by atoms with Crippen LogP contribution in [0.15, 0.2) is 42.5 Å². The zero-order valence-electron chi connectivity index (χ0n) is 13.2. The van der Waals surface area contributed by atoms with Gasteiger partial charge in [-0.25, -0.2) is 13.8 Å². The fraction of sp³-hybridized carbons (Fsp3) is 0.333. The Bertz CT molecular complexity index is 704. The second-order valence-corrected chi connectivity index (χ2v) is 6.47. The molecular weight excluding hydrogens is 298 g/mol. The van der Waals surface area contributed by atoms with Gasteiger partial charge in [0.15, 0.2) is 0 Å². The number of halogens is 2. The summed E-state index contributed by atoms with van der Waals surface area (Å²) in [6.45, 7) is 4.31. The van der Waals surface area contributed by atoms with E-state index in [1.165, 1.54) is 6.07 Å². The van der Waals surface area contributed by atoms with Gasteiger partial charge < -0.3 is 5.32 Å². The fourth-order valence-electron chi connectivity index (χ4n) is 3.05. The zero-order chi connectivity index (χ0) is 16.6.